The number of nitrogens with one attached hydrogen (secondary N) is 1. The molecule has 0 fully saturated rings. The van der Waals surface area contributed by atoms with E-state index in [1.165, 1.54) is 21.3 Å². The number of para-hydroxylation sites is 1. The molecule has 3 aromatic carbocycles. The van der Waals surface area contributed by atoms with Gasteiger partial charge in [-0.1, -0.05) is 80.6 Å². The summed E-state index contributed by atoms with van der Waals surface area (Å²) in [5.41, 5.74) is 2.09. The van der Waals surface area contributed by atoms with E-state index in [9.17, 15) is 18.0 Å². The zero-order chi connectivity index (χ0) is 27.7. The second kappa shape index (κ2) is 13.2. The number of anilines is 1. The van der Waals surface area contributed by atoms with E-state index in [2.05, 4.69) is 5.32 Å². The molecule has 0 radical (unpaired) electrons. The molecule has 3 rings (SSSR count). The van der Waals surface area contributed by atoms with E-state index >= 15 is 0 Å². The molecule has 2 atom stereocenters. The quantitative estimate of drug-likeness (QED) is 0.362. The smallest absolute Gasteiger partial charge is 0.264 e. The lowest BCUT2D eigenvalue weighted by molar-refractivity contribution is -0.139. The van der Waals surface area contributed by atoms with Crippen molar-refractivity contribution in [1.29, 1.82) is 0 Å². The van der Waals surface area contributed by atoms with Crippen LogP contribution in [0, 0.1) is 0 Å². The van der Waals surface area contributed by atoms with Crippen LogP contribution >= 0.6 is 0 Å². The Labute approximate surface area is 226 Å². The van der Waals surface area contributed by atoms with Gasteiger partial charge < -0.3 is 10.2 Å². The van der Waals surface area contributed by atoms with E-state index < -0.39 is 28.5 Å². The molecule has 3 aromatic rings. The Balaban J connectivity index is 2.03. The molecule has 8 heteroatoms. The summed E-state index contributed by atoms with van der Waals surface area (Å²) in [5.74, 6) is -0.749. The monoisotopic (exact) mass is 535 g/mol. The van der Waals surface area contributed by atoms with E-state index in [4.69, 9.17) is 0 Å². The molecule has 2 amide bonds. The number of carbonyl (C=O) groups is 2. The number of aryl methyl sites for hydroxylation is 1. The normalized spacial score (nSPS) is 12.8. The van der Waals surface area contributed by atoms with Crippen molar-refractivity contribution in [3.63, 3.8) is 0 Å². The Kier molecular flexibility index (Phi) is 10.1. The fourth-order valence-corrected chi connectivity index (χ4v) is 5.59. The van der Waals surface area contributed by atoms with Crippen LogP contribution < -0.4 is 9.62 Å². The van der Waals surface area contributed by atoms with Gasteiger partial charge in [-0.25, -0.2) is 8.42 Å². The first-order chi connectivity index (χ1) is 18.2. The minimum absolute atomic E-state index is 0.0509. The number of amides is 2. The van der Waals surface area contributed by atoms with Gasteiger partial charge in [0.05, 0.1) is 10.6 Å². The second-order valence-electron chi connectivity index (χ2n) is 9.31. The number of rotatable bonds is 12. The summed E-state index contributed by atoms with van der Waals surface area (Å²) in [5, 5.41) is 2.95. The molecule has 0 aromatic heterocycles. The summed E-state index contributed by atoms with van der Waals surface area (Å²) >= 11 is 0. The van der Waals surface area contributed by atoms with Crippen molar-refractivity contribution >= 4 is 27.5 Å². The van der Waals surface area contributed by atoms with Gasteiger partial charge in [-0.3, -0.25) is 13.9 Å². The van der Waals surface area contributed by atoms with E-state index in [1.54, 1.807) is 37.3 Å². The van der Waals surface area contributed by atoms with Crippen molar-refractivity contribution in [3.8, 4) is 0 Å². The maximum absolute atomic E-state index is 13.9. The first-order valence-electron chi connectivity index (χ1n) is 13.0. The average Bonchev–Trinajstić information content (AvgIpc) is 2.94. The van der Waals surface area contributed by atoms with E-state index in [0.717, 1.165) is 17.5 Å². The van der Waals surface area contributed by atoms with Gasteiger partial charge in [-0.05, 0) is 56.0 Å². The average molecular weight is 536 g/mol. The van der Waals surface area contributed by atoms with Crippen LogP contribution in [-0.4, -0.2) is 43.8 Å². The molecule has 1 N–H and O–H groups in total. The molecule has 202 valence electrons. The Morgan fingerprint density at radius 3 is 2.03 bits per heavy atom. The SMILES string of the molecule is CCc1ccccc1N(CC(=O)N(Cc1ccccc1)[C@H](C)C(=O)N[C@H](C)CC)S(=O)(=O)c1ccccc1. The maximum Gasteiger partial charge on any atom is 0.264 e. The summed E-state index contributed by atoms with van der Waals surface area (Å²) in [4.78, 5) is 28.6. The van der Waals surface area contributed by atoms with Gasteiger partial charge in [0.15, 0.2) is 0 Å². The van der Waals surface area contributed by atoms with Crippen LogP contribution in [0.1, 0.15) is 45.2 Å². The minimum atomic E-state index is -4.07. The van der Waals surface area contributed by atoms with E-state index in [-0.39, 0.29) is 23.4 Å². The maximum atomic E-state index is 13.9. The molecule has 0 aliphatic carbocycles. The second-order valence-corrected chi connectivity index (χ2v) is 11.2. The van der Waals surface area contributed by atoms with Gasteiger partial charge in [-0.2, -0.15) is 0 Å². The molecule has 0 aliphatic rings. The highest BCUT2D eigenvalue weighted by Gasteiger charge is 2.33. The van der Waals surface area contributed by atoms with Crippen LogP contribution in [-0.2, 0) is 32.6 Å². The molecule has 38 heavy (non-hydrogen) atoms. The Morgan fingerprint density at radius 2 is 1.42 bits per heavy atom. The van der Waals surface area contributed by atoms with Gasteiger partial charge in [0.1, 0.15) is 12.6 Å². The van der Waals surface area contributed by atoms with Crippen LogP contribution in [0.4, 0.5) is 5.69 Å². The largest absolute Gasteiger partial charge is 0.352 e. The van der Waals surface area contributed by atoms with E-state index in [1.807, 2.05) is 63.2 Å². The van der Waals surface area contributed by atoms with Crippen molar-refractivity contribution in [2.24, 2.45) is 0 Å². The molecule has 7 nitrogen and oxygen atoms in total. The van der Waals surface area contributed by atoms with Crippen molar-refractivity contribution in [2.75, 3.05) is 10.8 Å². The van der Waals surface area contributed by atoms with Gasteiger partial charge in [-0.15, -0.1) is 0 Å². The standard InChI is InChI=1S/C30H37N3O4S/c1-5-23(3)31-30(35)24(4)32(21-25-15-9-7-10-16-25)29(34)22-33(28-20-14-13-17-26(28)6-2)38(36,37)27-18-11-8-12-19-27/h7-20,23-24H,5-6,21-22H2,1-4H3,(H,31,35)/t23-,24-/m1/s1. The Morgan fingerprint density at radius 1 is 0.842 bits per heavy atom. The van der Waals surface area contributed by atoms with Gasteiger partial charge >= 0.3 is 0 Å². The summed E-state index contributed by atoms with van der Waals surface area (Å²) < 4.78 is 28.9. The summed E-state index contributed by atoms with van der Waals surface area (Å²) in [6, 6.07) is 23.8. The number of nitrogens with zero attached hydrogens (tertiary/aromatic N) is 2. The highest BCUT2D eigenvalue weighted by molar-refractivity contribution is 7.92. The molecule has 0 spiro atoms. The molecule has 0 unspecified atom stereocenters. The molecule has 0 heterocycles. The molecule has 0 aliphatic heterocycles. The first kappa shape index (κ1) is 28.9. The molecule has 0 bridgehead atoms. The van der Waals surface area contributed by atoms with Crippen LogP contribution in [0.3, 0.4) is 0 Å². The molecular formula is C30H37N3O4S. The predicted molar refractivity (Wildman–Crippen MR) is 151 cm³/mol. The number of hydrogen-bond donors (Lipinski definition) is 1. The van der Waals surface area contributed by atoms with Crippen LogP contribution in [0.5, 0.6) is 0 Å². The summed E-state index contributed by atoms with van der Waals surface area (Å²) in [6.45, 7) is 7.22. The van der Waals surface area contributed by atoms with Crippen LogP contribution in [0.25, 0.3) is 0 Å². The van der Waals surface area contributed by atoms with Crippen molar-refractivity contribution < 1.29 is 18.0 Å². The Bertz CT molecular complexity index is 1310. The zero-order valence-electron chi connectivity index (χ0n) is 22.5. The van der Waals surface area contributed by atoms with E-state index in [0.29, 0.717) is 12.1 Å². The number of carbonyl (C=O) groups excluding carboxylic acids is 2. The lowest BCUT2D eigenvalue weighted by atomic mass is 10.1. The highest BCUT2D eigenvalue weighted by atomic mass is 32.2. The highest BCUT2D eigenvalue weighted by Crippen LogP contribution is 2.28. The van der Waals surface area contributed by atoms with Gasteiger partial charge in [0, 0.05) is 12.6 Å². The molecule has 0 saturated carbocycles. The number of benzene rings is 3. The van der Waals surface area contributed by atoms with Crippen LogP contribution in [0.2, 0.25) is 0 Å². The third-order valence-electron chi connectivity index (χ3n) is 6.62. The zero-order valence-corrected chi connectivity index (χ0v) is 23.3. The van der Waals surface area contributed by atoms with Gasteiger partial charge in [0.25, 0.3) is 10.0 Å². The number of sulfonamides is 1. The molecular weight excluding hydrogens is 498 g/mol. The summed E-state index contributed by atoms with van der Waals surface area (Å²) in [6.07, 6.45) is 1.34. The topological polar surface area (TPSA) is 86.8 Å². The fourth-order valence-electron chi connectivity index (χ4n) is 4.11. The lowest BCUT2D eigenvalue weighted by Gasteiger charge is -2.33. The first-order valence-corrected chi connectivity index (χ1v) is 14.4. The van der Waals surface area contributed by atoms with Crippen LogP contribution in [0.15, 0.2) is 89.8 Å². The lowest BCUT2D eigenvalue weighted by Crippen LogP contribution is -2.52. The van der Waals surface area contributed by atoms with Crippen molar-refractivity contribution in [3.05, 3.63) is 96.1 Å². The van der Waals surface area contributed by atoms with Crippen molar-refractivity contribution in [1.82, 2.24) is 10.2 Å². The third kappa shape index (κ3) is 7.01. The predicted octanol–water partition coefficient (Wildman–Crippen LogP) is 4.78. The van der Waals surface area contributed by atoms with Gasteiger partial charge in [0.2, 0.25) is 11.8 Å². The molecule has 0 saturated heterocycles. The Hall–Kier alpha value is -3.65. The summed E-state index contributed by atoms with van der Waals surface area (Å²) in [7, 11) is -4.07. The van der Waals surface area contributed by atoms with Crippen molar-refractivity contribution in [2.45, 2.75) is 64.1 Å². The minimum Gasteiger partial charge on any atom is -0.352 e. The number of hydrogen-bond acceptors (Lipinski definition) is 4. The third-order valence-corrected chi connectivity index (χ3v) is 8.39. The fraction of sp³-hybridized carbons (Fsp3) is 0.333.